The average Bonchev–Trinajstić information content (AvgIpc) is 2.58. The van der Waals surface area contributed by atoms with E-state index in [9.17, 15) is 0 Å². The van der Waals surface area contributed by atoms with Crippen LogP contribution in [0, 0.1) is 18.3 Å². The summed E-state index contributed by atoms with van der Waals surface area (Å²) in [7, 11) is 0. The molecule has 0 unspecified atom stereocenters. The van der Waals surface area contributed by atoms with Gasteiger partial charge in [-0.25, -0.2) is 0 Å². The highest BCUT2D eigenvalue weighted by Gasteiger charge is 2.31. The molecule has 0 N–H and O–H groups in total. The van der Waals surface area contributed by atoms with Crippen molar-refractivity contribution < 1.29 is 0 Å². The lowest BCUT2D eigenvalue weighted by molar-refractivity contribution is 0.169. The standard InChI is InChI=1S/C24H39N/c1-7-9-17-25(16-8-2)23-15-10-19(3)18-22(23)20-11-13-21(14-12-20)24(4,5)6/h7,10,15,18,20-21H,1,8-9,11-14,16-17H2,2-6H3. The number of hydrogen-bond acceptors (Lipinski definition) is 1. The summed E-state index contributed by atoms with van der Waals surface area (Å²) in [5.41, 5.74) is 4.94. The monoisotopic (exact) mass is 341 g/mol. The zero-order valence-corrected chi connectivity index (χ0v) is 17.3. The Bertz CT molecular complexity index is 544. The van der Waals surface area contributed by atoms with Crippen molar-refractivity contribution in [3.63, 3.8) is 0 Å². The van der Waals surface area contributed by atoms with Crippen LogP contribution in [0.4, 0.5) is 5.69 Å². The van der Waals surface area contributed by atoms with Gasteiger partial charge in [0.15, 0.2) is 0 Å². The SMILES string of the molecule is C=CCCN(CCC)c1ccc(C)cc1C1CCC(C(C)(C)C)CC1. The van der Waals surface area contributed by atoms with E-state index in [4.69, 9.17) is 0 Å². The summed E-state index contributed by atoms with van der Waals surface area (Å²) in [4.78, 5) is 2.59. The van der Waals surface area contributed by atoms with E-state index in [1.807, 2.05) is 6.08 Å². The highest BCUT2D eigenvalue weighted by Crippen LogP contribution is 2.45. The zero-order valence-electron chi connectivity index (χ0n) is 17.3. The Morgan fingerprint density at radius 1 is 1.12 bits per heavy atom. The lowest BCUT2D eigenvalue weighted by atomic mass is 9.68. The van der Waals surface area contributed by atoms with Crippen LogP contribution in [0.1, 0.15) is 83.3 Å². The van der Waals surface area contributed by atoms with Gasteiger partial charge in [0.05, 0.1) is 0 Å². The van der Waals surface area contributed by atoms with Gasteiger partial charge in [0, 0.05) is 18.8 Å². The Hall–Kier alpha value is -1.24. The van der Waals surface area contributed by atoms with Crippen LogP contribution in [0.5, 0.6) is 0 Å². The lowest BCUT2D eigenvalue weighted by Crippen LogP contribution is -2.28. The van der Waals surface area contributed by atoms with Crippen molar-refractivity contribution in [2.45, 2.75) is 79.1 Å². The molecular weight excluding hydrogens is 302 g/mol. The minimum Gasteiger partial charge on any atom is -0.371 e. The summed E-state index contributed by atoms with van der Waals surface area (Å²) in [6.07, 6.45) is 9.75. The van der Waals surface area contributed by atoms with Crippen LogP contribution < -0.4 is 4.90 Å². The molecule has 1 aromatic rings. The van der Waals surface area contributed by atoms with Crippen molar-refractivity contribution in [1.82, 2.24) is 0 Å². The van der Waals surface area contributed by atoms with E-state index in [0.717, 1.165) is 31.3 Å². The molecule has 2 rings (SSSR count). The Labute approximate surface area is 156 Å². The fraction of sp³-hybridized carbons (Fsp3) is 0.667. The van der Waals surface area contributed by atoms with Crippen LogP contribution in [-0.2, 0) is 0 Å². The predicted molar refractivity (Wildman–Crippen MR) is 113 cm³/mol. The lowest BCUT2D eigenvalue weighted by Gasteiger charge is -2.38. The summed E-state index contributed by atoms with van der Waals surface area (Å²) in [6, 6.07) is 7.13. The normalized spacial score (nSPS) is 21.2. The molecule has 0 atom stereocenters. The number of benzene rings is 1. The first-order valence-corrected chi connectivity index (χ1v) is 10.3. The van der Waals surface area contributed by atoms with Crippen LogP contribution in [0.2, 0.25) is 0 Å². The molecule has 1 saturated carbocycles. The maximum atomic E-state index is 3.92. The molecule has 1 heteroatoms. The van der Waals surface area contributed by atoms with Crippen LogP contribution in [0.3, 0.4) is 0 Å². The van der Waals surface area contributed by atoms with Crippen molar-refractivity contribution in [3.05, 3.63) is 42.0 Å². The molecule has 140 valence electrons. The van der Waals surface area contributed by atoms with Gasteiger partial charge < -0.3 is 4.90 Å². The highest BCUT2D eigenvalue weighted by atomic mass is 15.1. The van der Waals surface area contributed by atoms with Crippen LogP contribution in [-0.4, -0.2) is 13.1 Å². The summed E-state index contributed by atoms with van der Waals surface area (Å²) < 4.78 is 0. The van der Waals surface area contributed by atoms with Gasteiger partial charge in [-0.05, 0) is 74.3 Å². The topological polar surface area (TPSA) is 3.24 Å². The number of rotatable bonds is 7. The van der Waals surface area contributed by atoms with E-state index < -0.39 is 0 Å². The third-order valence-electron chi connectivity index (χ3n) is 6.01. The molecule has 0 bridgehead atoms. The van der Waals surface area contributed by atoms with Gasteiger partial charge in [0.25, 0.3) is 0 Å². The molecule has 1 fully saturated rings. The second-order valence-corrected chi connectivity index (χ2v) is 9.04. The number of nitrogens with zero attached hydrogens (tertiary/aromatic N) is 1. The minimum absolute atomic E-state index is 0.457. The van der Waals surface area contributed by atoms with E-state index >= 15 is 0 Å². The summed E-state index contributed by atoms with van der Waals surface area (Å²) in [6.45, 7) is 17.9. The maximum Gasteiger partial charge on any atom is 0.0401 e. The van der Waals surface area contributed by atoms with Gasteiger partial charge in [0.2, 0.25) is 0 Å². The largest absolute Gasteiger partial charge is 0.371 e. The third-order valence-corrected chi connectivity index (χ3v) is 6.01. The summed E-state index contributed by atoms with van der Waals surface area (Å²) in [5, 5.41) is 0. The fourth-order valence-corrected chi connectivity index (χ4v) is 4.43. The second kappa shape index (κ2) is 8.92. The molecule has 0 radical (unpaired) electrons. The molecular formula is C24H39N. The first-order valence-electron chi connectivity index (χ1n) is 10.3. The Morgan fingerprint density at radius 2 is 1.80 bits per heavy atom. The second-order valence-electron chi connectivity index (χ2n) is 9.04. The van der Waals surface area contributed by atoms with Gasteiger partial charge in [-0.2, -0.15) is 0 Å². The van der Waals surface area contributed by atoms with Crippen molar-refractivity contribution in [2.75, 3.05) is 18.0 Å². The molecule has 0 amide bonds. The summed E-state index contributed by atoms with van der Waals surface area (Å²) >= 11 is 0. The Kier molecular flexibility index (Phi) is 7.16. The van der Waals surface area contributed by atoms with Gasteiger partial charge in [0.1, 0.15) is 0 Å². The van der Waals surface area contributed by atoms with Crippen molar-refractivity contribution in [1.29, 1.82) is 0 Å². The third kappa shape index (κ3) is 5.36. The molecule has 25 heavy (non-hydrogen) atoms. The average molecular weight is 342 g/mol. The van der Waals surface area contributed by atoms with Crippen LogP contribution >= 0.6 is 0 Å². The zero-order chi connectivity index (χ0) is 18.4. The molecule has 0 spiro atoms. The molecule has 1 aliphatic carbocycles. The van der Waals surface area contributed by atoms with E-state index in [-0.39, 0.29) is 0 Å². The van der Waals surface area contributed by atoms with Gasteiger partial charge >= 0.3 is 0 Å². The fourth-order valence-electron chi connectivity index (χ4n) is 4.43. The van der Waals surface area contributed by atoms with Gasteiger partial charge in [-0.1, -0.05) is 51.5 Å². The van der Waals surface area contributed by atoms with E-state index in [0.29, 0.717) is 5.41 Å². The Balaban J connectivity index is 2.22. The quantitative estimate of drug-likeness (QED) is 0.478. The molecule has 0 heterocycles. The van der Waals surface area contributed by atoms with Crippen molar-refractivity contribution in [2.24, 2.45) is 11.3 Å². The molecule has 0 aliphatic heterocycles. The van der Waals surface area contributed by atoms with Crippen molar-refractivity contribution >= 4 is 5.69 Å². The summed E-state index contributed by atoms with van der Waals surface area (Å²) in [5.74, 6) is 1.61. The first kappa shape index (κ1) is 20.1. The van der Waals surface area contributed by atoms with Crippen molar-refractivity contribution in [3.8, 4) is 0 Å². The van der Waals surface area contributed by atoms with Gasteiger partial charge in [-0.3, -0.25) is 0 Å². The first-order chi connectivity index (χ1) is 11.9. The van der Waals surface area contributed by atoms with E-state index in [1.54, 1.807) is 5.56 Å². The number of aryl methyl sites for hydroxylation is 1. The van der Waals surface area contributed by atoms with Crippen LogP contribution in [0.15, 0.2) is 30.9 Å². The molecule has 1 aromatic carbocycles. The van der Waals surface area contributed by atoms with Crippen LogP contribution in [0.25, 0.3) is 0 Å². The molecule has 1 nitrogen and oxygen atoms in total. The maximum absolute atomic E-state index is 3.92. The molecule has 0 saturated heterocycles. The van der Waals surface area contributed by atoms with E-state index in [2.05, 4.69) is 64.3 Å². The number of hydrogen-bond donors (Lipinski definition) is 0. The highest BCUT2D eigenvalue weighted by molar-refractivity contribution is 5.56. The smallest absolute Gasteiger partial charge is 0.0401 e. The number of anilines is 1. The minimum atomic E-state index is 0.457. The predicted octanol–water partition coefficient (Wildman–Crippen LogP) is 7.11. The molecule has 1 aliphatic rings. The molecule has 0 aromatic heterocycles. The Morgan fingerprint density at radius 3 is 2.36 bits per heavy atom. The van der Waals surface area contributed by atoms with Gasteiger partial charge in [-0.15, -0.1) is 6.58 Å². The van der Waals surface area contributed by atoms with E-state index in [1.165, 1.54) is 43.4 Å².